The number of carbonyl (C=O) groups excluding carboxylic acids is 1. The number of hydrogen-bond donors (Lipinski definition) is 2. The summed E-state index contributed by atoms with van der Waals surface area (Å²) in [5.41, 5.74) is 0.855. The highest BCUT2D eigenvalue weighted by molar-refractivity contribution is 5.79. The molecule has 1 fully saturated rings. The molecule has 3 nitrogen and oxygen atoms in total. The quantitative estimate of drug-likeness (QED) is 0.841. The fourth-order valence-corrected chi connectivity index (χ4v) is 2.47. The van der Waals surface area contributed by atoms with Crippen molar-refractivity contribution in [2.24, 2.45) is 5.92 Å². The van der Waals surface area contributed by atoms with Gasteiger partial charge in [0.15, 0.2) is 0 Å². The van der Waals surface area contributed by atoms with Crippen molar-refractivity contribution in [1.82, 2.24) is 5.32 Å². The van der Waals surface area contributed by atoms with Crippen LogP contribution < -0.4 is 5.32 Å². The van der Waals surface area contributed by atoms with E-state index in [0.717, 1.165) is 12.0 Å². The molecule has 1 aliphatic carbocycles. The fourth-order valence-electron chi connectivity index (χ4n) is 2.47. The Hall–Kier alpha value is -1.51. The molecule has 0 aromatic heterocycles. The van der Waals surface area contributed by atoms with Gasteiger partial charge in [0.1, 0.15) is 5.75 Å². The summed E-state index contributed by atoms with van der Waals surface area (Å²) in [5, 5.41) is 12.4. The molecule has 0 saturated heterocycles. The van der Waals surface area contributed by atoms with Crippen molar-refractivity contribution in [3.63, 3.8) is 0 Å². The maximum atomic E-state index is 11.8. The van der Waals surface area contributed by atoms with Crippen LogP contribution in [-0.4, -0.2) is 17.1 Å². The van der Waals surface area contributed by atoms with Crippen LogP contribution >= 0.6 is 0 Å². The van der Waals surface area contributed by atoms with E-state index in [1.54, 1.807) is 18.2 Å². The molecule has 0 aliphatic heterocycles. The van der Waals surface area contributed by atoms with Crippen molar-refractivity contribution in [3.8, 4) is 5.75 Å². The van der Waals surface area contributed by atoms with E-state index in [2.05, 4.69) is 12.2 Å². The number of benzene rings is 1. The topological polar surface area (TPSA) is 49.3 Å². The number of carbonyl (C=O) groups is 1. The number of amides is 1. The van der Waals surface area contributed by atoms with Gasteiger partial charge in [-0.05, 0) is 36.5 Å². The zero-order valence-electron chi connectivity index (χ0n) is 10.1. The van der Waals surface area contributed by atoms with Crippen molar-refractivity contribution < 1.29 is 9.90 Å². The van der Waals surface area contributed by atoms with Crippen molar-refractivity contribution in [2.75, 3.05) is 0 Å². The number of phenolic OH excluding ortho intramolecular Hbond substituents is 1. The Kier molecular flexibility index (Phi) is 3.67. The van der Waals surface area contributed by atoms with E-state index in [4.69, 9.17) is 0 Å². The molecule has 1 aliphatic rings. The Labute approximate surface area is 102 Å². The van der Waals surface area contributed by atoms with E-state index in [1.165, 1.54) is 12.8 Å². The number of aromatic hydroxyl groups is 1. The van der Waals surface area contributed by atoms with Crippen LogP contribution in [0.4, 0.5) is 0 Å². The molecule has 1 aromatic carbocycles. The Morgan fingerprint density at radius 2 is 2.29 bits per heavy atom. The fraction of sp³-hybridized carbons (Fsp3) is 0.500. The zero-order valence-corrected chi connectivity index (χ0v) is 10.1. The van der Waals surface area contributed by atoms with Gasteiger partial charge >= 0.3 is 0 Å². The summed E-state index contributed by atoms with van der Waals surface area (Å²) in [6.45, 7) is 2.19. The van der Waals surface area contributed by atoms with Gasteiger partial charge in [0.2, 0.25) is 5.91 Å². The third kappa shape index (κ3) is 3.22. The molecule has 0 radical (unpaired) electrons. The van der Waals surface area contributed by atoms with Gasteiger partial charge in [0, 0.05) is 6.04 Å². The molecule has 2 rings (SSSR count). The minimum atomic E-state index is 0.0503. The molecule has 3 heteroatoms. The van der Waals surface area contributed by atoms with Gasteiger partial charge < -0.3 is 10.4 Å². The predicted molar refractivity (Wildman–Crippen MR) is 66.8 cm³/mol. The number of phenols is 1. The van der Waals surface area contributed by atoms with Crippen LogP contribution in [0.1, 0.15) is 31.7 Å². The van der Waals surface area contributed by atoms with Crippen LogP contribution in [0, 0.1) is 5.92 Å². The highest BCUT2D eigenvalue weighted by atomic mass is 16.3. The molecule has 0 bridgehead atoms. The van der Waals surface area contributed by atoms with Gasteiger partial charge in [-0.2, -0.15) is 0 Å². The lowest BCUT2D eigenvalue weighted by atomic mass is 10.1. The summed E-state index contributed by atoms with van der Waals surface area (Å²) in [6.07, 6.45) is 3.85. The van der Waals surface area contributed by atoms with Crippen LogP contribution in [0.25, 0.3) is 0 Å². The first-order chi connectivity index (χ1) is 8.15. The molecule has 0 spiro atoms. The van der Waals surface area contributed by atoms with E-state index < -0.39 is 0 Å². The number of nitrogens with one attached hydrogen (secondary N) is 1. The second-order valence-corrected chi connectivity index (χ2v) is 4.93. The van der Waals surface area contributed by atoms with Crippen LogP contribution in [0.3, 0.4) is 0 Å². The first-order valence-corrected chi connectivity index (χ1v) is 6.22. The van der Waals surface area contributed by atoms with E-state index in [9.17, 15) is 9.90 Å². The van der Waals surface area contributed by atoms with Gasteiger partial charge in [-0.3, -0.25) is 4.79 Å². The average molecular weight is 233 g/mol. The highest BCUT2D eigenvalue weighted by Gasteiger charge is 2.24. The second-order valence-electron chi connectivity index (χ2n) is 4.93. The third-order valence-corrected chi connectivity index (χ3v) is 3.48. The van der Waals surface area contributed by atoms with Crippen LogP contribution in [0.15, 0.2) is 24.3 Å². The summed E-state index contributed by atoms with van der Waals surface area (Å²) in [7, 11) is 0. The van der Waals surface area contributed by atoms with Gasteiger partial charge in [0.05, 0.1) is 6.42 Å². The molecule has 17 heavy (non-hydrogen) atoms. The molecule has 92 valence electrons. The van der Waals surface area contributed by atoms with Crippen molar-refractivity contribution in [1.29, 1.82) is 0 Å². The van der Waals surface area contributed by atoms with Crippen molar-refractivity contribution in [3.05, 3.63) is 29.8 Å². The summed E-state index contributed by atoms with van der Waals surface area (Å²) in [6, 6.07) is 7.20. The van der Waals surface area contributed by atoms with E-state index in [0.29, 0.717) is 18.4 Å². The first-order valence-electron chi connectivity index (χ1n) is 6.22. The Morgan fingerprint density at radius 3 is 2.94 bits per heavy atom. The van der Waals surface area contributed by atoms with Gasteiger partial charge in [-0.1, -0.05) is 25.5 Å². The smallest absolute Gasteiger partial charge is 0.224 e. The Morgan fingerprint density at radius 1 is 1.47 bits per heavy atom. The lowest BCUT2D eigenvalue weighted by molar-refractivity contribution is -0.121. The predicted octanol–water partition coefficient (Wildman–Crippen LogP) is 2.24. The molecule has 1 saturated carbocycles. The molecule has 0 heterocycles. The van der Waals surface area contributed by atoms with Gasteiger partial charge in [-0.25, -0.2) is 0 Å². The maximum absolute atomic E-state index is 11.8. The minimum absolute atomic E-state index is 0.0503. The summed E-state index contributed by atoms with van der Waals surface area (Å²) in [4.78, 5) is 11.8. The normalized spacial score (nSPS) is 23.6. The van der Waals surface area contributed by atoms with Gasteiger partial charge in [0.25, 0.3) is 0 Å². The van der Waals surface area contributed by atoms with Crippen LogP contribution in [0.2, 0.25) is 0 Å². The van der Waals surface area contributed by atoms with E-state index in [1.807, 2.05) is 6.07 Å². The molecular weight excluding hydrogens is 214 g/mol. The Balaban J connectivity index is 1.89. The largest absolute Gasteiger partial charge is 0.508 e. The molecule has 1 aromatic rings. The lowest BCUT2D eigenvalue weighted by Gasteiger charge is -2.17. The van der Waals surface area contributed by atoms with Gasteiger partial charge in [-0.15, -0.1) is 0 Å². The SMILES string of the molecule is CC1CCCC1NC(=O)Cc1cccc(O)c1. The summed E-state index contributed by atoms with van der Waals surface area (Å²) < 4.78 is 0. The molecule has 2 atom stereocenters. The lowest BCUT2D eigenvalue weighted by Crippen LogP contribution is -2.37. The molecule has 1 amide bonds. The highest BCUT2D eigenvalue weighted by Crippen LogP contribution is 2.24. The number of rotatable bonds is 3. The standard InChI is InChI=1S/C14H19NO2/c1-10-4-2-7-13(10)15-14(17)9-11-5-3-6-12(16)8-11/h3,5-6,8,10,13,16H,2,4,7,9H2,1H3,(H,15,17). The first kappa shape index (κ1) is 12.0. The third-order valence-electron chi connectivity index (χ3n) is 3.48. The molecular formula is C14H19NO2. The van der Waals surface area contributed by atoms with Crippen LogP contribution in [-0.2, 0) is 11.2 Å². The molecule has 2 unspecified atom stereocenters. The van der Waals surface area contributed by atoms with Crippen molar-refractivity contribution >= 4 is 5.91 Å². The summed E-state index contributed by atoms with van der Waals surface area (Å²) in [5.74, 6) is 0.849. The second kappa shape index (κ2) is 5.21. The van der Waals surface area contributed by atoms with E-state index in [-0.39, 0.29) is 11.7 Å². The summed E-state index contributed by atoms with van der Waals surface area (Å²) >= 11 is 0. The molecule has 2 N–H and O–H groups in total. The monoisotopic (exact) mass is 233 g/mol. The zero-order chi connectivity index (χ0) is 12.3. The average Bonchev–Trinajstić information content (AvgIpc) is 2.64. The van der Waals surface area contributed by atoms with E-state index >= 15 is 0 Å². The minimum Gasteiger partial charge on any atom is -0.508 e. The Bertz CT molecular complexity index is 403. The number of hydrogen-bond acceptors (Lipinski definition) is 2. The van der Waals surface area contributed by atoms with Crippen molar-refractivity contribution in [2.45, 2.75) is 38.6 Å². The van der Waals surface area contributed by atoms with Crippen LogP contribution in [0.5, 0.6) is 5.75 Å². The maximum Gasteiger partial charge on any atom is 0.224 e.